The average Bonchev–Trinajstić information content (AvgIpc) is 1.98. The standard InChI is InChI=1S/2C6H18NSi2.C2H2F3.HI.Sn/c2*1-8(2,3)7-9(4,5)6;1-2(3,4)5;;/h2*1-6H3;1H2;1H;/q2*-1;;;+3/p-1. The number of rotatable bonds is 7. The van der Waals surface area contributed by atoms with E-state index in [4.69, 9.17) is 0 Å². The molecule has 2 nitrogen and oxygen atoms in total. The number of halogens is 4. The first-order valence-electron chi connectivity index (χ1n) is 8.80. The summed E-state index contributed by atoms with van der Waals surface area (Å²) in [5.74, 6) is 0. The molecular weight excluding hydrogens is 611 g/mol. The zero-order chi connectivity index (χ0) is 20.9. The maximum atomic E-state index is 13.9. The minimum absolute atomic E-state index is 0.550. The van der Waals surface area contributed by atoms with E-state index in [2.05, 4.69) is 102 Å². The van der Waals surface area contributed by atoms with Crippen molar-refractivity contribution >= 4 is 66.5 Å². The monoisotopic (exact) mass is 650 g/mol. The summed E-state index contributed by atoms with van der Waals surface area (Å²) in [5, 5.41) is 0. The summed E-state index contributed by atoms with van der Waals surface area (Å²) in [6.07, 6.45) is -4.09. The van der Waals surface area contributed by atoms with Crippen LogP contribution in [0.5, 0.6) is 0 Å². The third-order valence-electron chi connectivity index (χ3n) is 3.79. The molecule has 152 valence electrons. The van der Waals surface area contributed by atoms with E-state index in [-0.39, 0.29) is 0 Å². The molecule has 0 aliphatic heterocycles. The summed E-state index contributed by atoms with van der Waals surface area (Å²) in [4.78, 5) is 0. The summed E-state index contributed by atoms with van der Waals surface area (Å²) in [7, 11) is -7.58. The van der Waals surface area contributed by atoms with Crippen molar-refractivity contribution in [3.8, 4) is 0 Å². The molecule has 0 saturated heterocycles. The van der Waals surface area contributed by atoms with Crippen LogP contribution in [0.4, 0.5) is 13.2 Å². The van der Waals surface area contributed by atoms with Gasteiger partial charge in [0.2, 0.25) is 0 Å². The number of nitrogens with zero attached hydrogens (tertiary/aromatic N) is 2. The number of hydrogen-bond acceptors (Lipinski definition) is 2. The molecule has 0 unspecified atom stereocenters. The van der Waals surface area contributed by atoms with E-state index in [0.717, 1.165) is 0 Å². The fourth-order valence-corrected chi connectivity index (χ4v) is 132. The van der Waals surface area contributed by atoms with Crippen molar-refractivity contribution in [3.63, 3.8) is 0 Å². The predicted molar refractivity (Wildman–Crippen MR) is 128 cm³/mol. The molecule has 0 bridgehead atoms. The molecule has 0 amide bonds. The van der Waals surface area contributed by atoms with Crippen LogP contribution in [0.1, 0.15) is 0 Å². The van der Waals surface area contributed by atoms with Gasteiger partial charge in [-0.1, -0.05) is 0 Å². The van der Waals surface area contributed by atoms with Crippen molar-refractivity contribution in [1.29, 1.82) is 0 Å². The van der Waals surface area contributed by atoms with Crippen LogP contribution in [0.25, 0.3) is 0 Å². The van der Waals surface area contributed by atoms with E-state index < -0.39 is 58.5 Å². The molecule has 11 heteroatoms. The molecule has 0 spiro atoms. The molecule has 0 heterocycles. The topological polar surface area (TPSA) is 6.48 Å². The first kappa shape index (κ1) is 27.1. The molecule has 0 radical (unpaired) electrons. The molecule has 0 aromatic heterocycles. The van der Waals surface area contributed by atoms with Crippen molar-refractivity contribution in [3.05, 3.63) is 0 Å². The third kappa shape index (κ3) is 7.80. The molecule has 0 N–H and O–H groups in total. The van der Waals surface area contributed by atoms with E-state index in [9.17, 15) is 13.2 Å². The molecule has 0 rings (SSSR count). The van der Waals surface area contributed by atoms with Crippen molar-refractivity contribution in [2.75, 3.05) is 0 Å². The molecule has 0 saturated carbocycles. The van der Waals surface area contributed by atoms with Gasteiger partial charge in [0.1, 0.15) is 0 Å². The van der Waals surface area contributed by atoms with E-state index in [1.807, 2.05) is 0 Å². The van der Waals surface area contributed by atoms with Crippen LogP contribution in [0.3, 0.4) is 0 Å². The Kier molecular flexibility index (Phi) is 8.77. The Morgan fingerprint density at radius 1 is 0.640 bits per heavy atom. The van der Waals surface area contributed by atoms with Crippen molar-refractivity contribution < 1.29 is 13.2 Å². The summed E-state index contributed by atoms with van der Waals surface area (Å²) in [6.45, 7) is 27.0. The van der Waals surface area contributed by atoms with Crippen LogP contribution in [-0.4, -0.2) is 59.0 Å². The molecule has 25 heavy (non-hydrogen) atoms. The number of hydrogen-bond donors (Lipinski definition) is 0. The van der Waals surface area contributed by atoms with Crippen LogP contribution < -0.4 is 0 Å². The van der Waals surface area contributed by atoms with Crippen LogP contribution in [0, 0.1) is 0 Å². The minimum atomic E-state index is -4.09. The van der Waals surface area contributed by atoms with Gasteiger partial charge in [-0.15, -0.1) is 0 Å². The van der Waals surface area contributed by atoms with Crippen LogP contribution in [0.15, 0.2) is 0 Å². The van der Waals surface area contributed by atoms with E-state index in [1.165, 1.54) is 0 Å². The Hall–Kier alpha value is 2.11. The normalized spacial score (nSPS) is 16.1. The zero-order valence-electron chi connectivity index (χ0n) is 18.1. The zero-order valence-corrected chi connectivity index (χ0v) is 27.1. The second-order valence-electron chi connectivity index (χ2n) is 10.9. The van der Waals surface area contributed by atoms with E-state index in [1.54, 1.807) is 0 Å². The Bertz CT molecular complexity index is 405. The van der Waals surface area contributed by atoms with Crippen molar-refractivity contribution in [2.24, 2.45) is 0 Å². The van der Waals surface area contributed by atoms with Crippen LogP contribution >= 0.6 is 18.6 Å². The first-order chi connectivity index (χ1) is 10.4. The van der Waals surface area contributed by atoms with Crippen molar-refractivity contribution in [2.45, 2.75) is 89.2 Å². The van der Waals surface area contributed by atoms with Gasteiger partial charge in [-0.05, 0) is 0 Å². The van der Waals surface area contributed by atoms with Crippen molar-refractivity contribution in [1.82, 2.24) is 4.91 Å². The SMILES string of the molecule is C[Si](C)(C)[N]([Si](C)(C)C)[Sn]([I])([CH2]C(F)(F)F)[N]([Si](C)(C)C)[Si](C)(C)C. The molecule has 0 aromatic rings. The van der Waals surface area contributed by atoms with E-state index >= 15 is 0 Å². The summed E-state index contributed by atoms with van der Waals surface area (Å²) < 4.78 is 46.3. The van der Waals surface area contributed by atoms with E-state index in [0.29, 0.717) is 0 Å². The van der Waals surface area contributed by atoms with Gasteiger partial charge in [0, 0.05) is 0 Å². The maximum absolute atomic E-state index is 13.9. The van der Waals surface area contributed by atoms with Gasteiger partial charge in [-0.25, -0.2) is 0 Å². The molecule has 0 atom stereocenters. The van der Waals surface area contributed by atoms with Gasteiger partial charge in [0.05, 0.1) is 0 Å². The van der Waals surface area contributed by atoms with Gasteiger partial charge in [-0.2, -0.15) is 0 Å². The summed E-state index contributed by atoms with van der Waals surface area (Å²) in [6, 6.07) is 0. The van der Waals surface area contributed by atoms with Crippen LogP contribution in [0.2, 0.25) is 83.0 Å². The second kappa shape index (κ2) is 8.09. The average molecular weight is 649 g/mol. The molecule has 0 aromatic carbocycles. The quantitative estimate of drug-likeness (QED) is 0.220. The Labute approximate surface area is 172 Å². The molecule has 0 fully saturated rings. The fraction of sp³-hybridized carbons (Fsp3) is 1.00. The fourth-order valence-electron chi connectivity index (χ4n) is 4.58. The molecule has 0 aliphatic rings. The van der Waals surface area contributed by atoms with Crippen LogP contribution in [-0.2, 0) is 0 Å². The Balaban J connectivity index is 6.84. The summed E-state index contributed by atoms with van der Waals surface area (Å²) in [5.41, 5.74) is 0. The molecular formula is C14H38F3IN2Si4Sn. The van der Waals surface area contributed by atoms with Gasteiger partial charge < -0.3 is 0 Å². The van der Waals surface area contributed by atoms with Gasteiger partial charge in [-0.3, -0.25) is 0 Å². The Morgan fingerprint density at radius 2 is 0.840 bits per heavy atom. The predicted octanol–water partition coefficient (Wildman–Crippen LogP) is 6.87. The third-order valence-corrected chi connectivity index (χ3v) is 77.7. The first-order valence-corrected chi connectivity index (χ1v) is 35.5. The van der Waals surface area contributed by atoms with Gasteiger partial charge in [0.25, 0.3) is 0 Å². The summed E-state index contributed by atoms with van der Waals surface area (Å²) >= 11 is -1.51. The second-order valence-corrected chi connectivity index (χ2v) is 55.3. The number of alkyl halides is 3. The molecule has 0 aliphatic carbocycles. The van der Waals surface area contributed by atoms with Gasteiger partial charge >= 0.3 is 174 Å². The Morgan fingerprint density at radius 3 is 0.960 bits per heavy atom. The van der Waals surface area contributed by atoms with Gasteiger partial charge in [0.15, 0.2) is 0 Å².